The summed E-state index contributed by atoms with van der Waals surface area (Å²) < 4.78 is 22.6. The van der Waals surface area contributed by atoms with E-state index in [1.54, 1.807) is 32.5 Å². The number of rotatable bonds is 13. The second-order valence-electron chi connectivity index (χ2n) is 10.5. The number of benzene rings is 3. The largest absolute Gasteiger partial charge is 0.489 e. The van der Waals surface area contributed by atoms with E-state index in [0.29, 0.717) is 30.9 Å². The van der Waals surface area contributed by atoms with Crippen molar-refractivity contribution in [2.45, 2.75) is 74.5 Å². The van der Waals surface area contributed by atoms with Gasteiger partial charge in [0.25, 0.3) is 0 Å². The van der Waals surface area contributed by atoms with Crippen molar-refractivity contribution in [3.05, 3.63) is 88.9 Å². The van der Waals surface area contributed by atoms with E-state index in [0.717, 1.165) is 26.7 Å². The molecule has 216 valence electrons. The van der Waals surface area contributed by atoms with Gasteiger partial charge in [0, 0.05) is 20.9 Å². The Morgan fingerprint density at radius 1 is 1.00 bits per heavy atom. The molecule has 0 saturated carbocycles. The quantitative estimate of drug-likeness (QED) is 0.170. The number of alkyl carbamates (subject to hydrolysis) is 1. The van der Waals surface area contributed by atoms with E-state index in [2.05, 4.69) is 5.32 Å². The molecule has 3 aromatic rings. The molecule has 3 rings (SSSR count). The average molecular weight is 606 g/mol. The van der Waals surface area contributed by atoms with Crippen molar-refractivity contribution >= 4 is 37.1 Å². The normalized spacial score (nSPS) is 12.6. The predicted octanol–water partition coefficient (Wildman–Crippen LogP) is 7.85. The van der Waals surface area contributed by atoms with Crippen LogP contribution in [0.25, 0.3) is 0 Å². The molecule has 0 aliphatic heterocycles. The van der Waals surface area contributed by atoms with Gasteiger partial charge in [-0.1, -0.05) is 65.8 Å². The minimum atomic E-state index is -4.18. The molecule has 0 bridgehead atoms. The molecular formula is C30H37ClNO6PS. The van der Waals surface area contributed by atoms with E-state index in [-0.39, 0.29) is 12.6 Å². The third kappa shape index (κ3) is 12.4. The van der Waals surface area contributed by atoms with E-state index in [1.165, 1.54) is 0 Å². The van der Waals surface area contributed by atoms with E-state index in [4.69, 9.17) is 21.1 Å². The van der Waals surface area contributed by atoms with Gasteiger partial charge in [0.1, 0.15) is 18.0 Å². The van der Waals surface area contributed by atoms with E-state index in [9.17, 15) is 19.1 Å². The minimum absolute atomic E-state index is 0.154. The van der Waals surface area contributed by atoms with Gasteiger partial charge in [-0.15, -0.1) is 0 Å². The van der Waals surface area contributed by atoms with Crippen molar-refractivity contribution in [3.63, 3.8) is 0 Å². The summed E-state index contributed by atoms with van der Waals surface area (Å²) in [6.45, 7) is 5.79. The highest BCUT2D eigenvalue weighted by Gasteiger charge is 2.22. The first kappa shape index (κ1) is 32.0. The Bertz CT molecular complexity index is 1290. The first-order valence-corrected chi connectivity index (χ1v) is 16.1. The van der Waals surface area contributed by atoms with E-state index < -0.39 is 25.3 Å². The predicted molar refractivity (Wildman–Crippen MR) is 160 cm³/mol. The molecule has 1 unspecified atom stereocenters. The topological polar surface area (TPSA) is 105 Å². The molecule has 0 aliphatic carbocycles. The Labute approximate surface area is 245 Å². The smallest absolute Gasteiger partial charge is 0.407 e. The molecule has 3 N–H and O–H groups in total. The highest BCUT2D eigenvalue weighted by molar-refractivity contribution is 7.99. The van der Waals surface area contributed by atoms with Crippen molar-refractivity contribution in [1.29, 1.82) is 0 Å². The summed E-state index contributed by atoms with van der Waals surface area (Å²) in [7, 11) is -4.18. The van der Waals surface area contributed by atoms with Crippen LogP contribution in [-0.4, -0.2) is 33.7 Å². The van der Waals surface area contributed by atoms with Crippen LogP contribution in [-0.2, 0) is 22.3 Å². The molecule has 1 atom stereocenters. The van der Waals surface area contributed by atoms with Gasteiger partial charge in [0.2, 0.25) is 0 Å². The number of ether oxygens (including phenoxy) is 2. The number of carbonyl (C=O) groups excluding carboxylic acids is 1. The van der Waals surface area contributed by atoms with E-state index >= 15 is 0 Å². The Balaban J connectivity index is 1.54. The van der Waals surface area contributed by atoms with Gasteiger partial charge >= 0.3 is 13.7 Å². The van der Waals surface area contributed by atoms with E-state index in [1.807, 2.05) is 72.8 Å². The molecular weight excluding hydrogens is 569 g/mol. The zero-order chi connectivity index (χ0) is 29.2. The SMILES string of the molecule is CC(C)(C)OC(=O)NC(CCCc1ccc(Sc2cccc(OCc3ccccc3)c2)cc1Cl)CCP(=O)(O)O. The monoisotopic (exact) mass is 605 g/mol. The minimum Gasteiger partial charge on any atom is -0.489 e. The molecule has 0 spiro atoms. The third-order valence-corrected chi connectivity index (χ3v) is 7.97. The number of hydrogen-bond donors (Lipinski definition) is 3. The summed E-state index contributed by atoms with van der Waals surface area (Å²) in [6.07, 6.45) is 1.11. The van der Waals surface area contributed by atoms with Crippen LogP contribution in [0, 0.1) is 0 Å². The number of amides is 1. The molecule has 0 radical (unpaired) electrons. The molecule has 0 saturated heterocycles. The highest BCUT2D eigenvalue weighted by Crippen LogP contribution is 2.36. The van der Waals surface area contributed by atoms with Gasteiger partial charge in [0.15, 0.2) is 0 Å². The standard InChI is InChI=1S/C30H37ClNO6PS/c1-30(2,3)38-29(33)32-24(17-18-39(34,35)36)12-7-11-23-15-16-27(20-28(23)31)40-26-14-8-13-25(19-26)37-21-22-9-5-4-6-10-22/h4-6,8-10,13-16,19-20,24H,7,11-12,17-18,21H2,1-3H3,(H,32,33)(H2,34,35,36). The van der Waals surface area contributed by atoms with Gasteiger partial charge in [-0.3, -0.25) is 4.57 Å². The van der Waals surface area contributed by atoms with Gasteiger partial charge in [-0.05, 0) is 87.9 Å². The fourth-order valence-corrected chi connectivity index (χ4v) is 5.82. The summed E-state index contributed by atoms with van der Waals surface area (Å²) in [5.74, 6) is 0.796. The number of hydrogen-bond acceptors (Lipinski definition) is 5. The van der Waals surface area contributed by atoms with Crippen molar-refractivity contribution in [2.24, 2.45) is 0 Å². The van der Waals surface area contributed by atoms with Gasteiger partial charge in [-0.25, -0.2) is 4.79 Å². The molecule has 3 aromatic carbocycles. The highest BCUT2D eigenvalue weighted by atomic mass is 35.5. The maximum Gasteiger partial charge on any atom is 0.407 e. The lowest BCUT2D eigenvalue weighted by Crippen LogP contribution is -2.39. The van der Waals surface area contributed by atoms with Crippen molar-refractivity contribution in [1.82, 2.24) is 5.32 Å². The van der Waals surface area contributed by atoms with Crippen LogP contribution in [0.3, 0.4) is 0 Å². The second-order valence-corrected chi connectivity index (χ2v) is 13.8. The van der Waals surface area contributed by atoms with Crippen LogP contribution in [0.5, 0.6) is 5.75 Å². The van der Waals surface area contributed by atoms with Crippen molar-refractivity contribution < 1.29 is 28.6 Å². The number of carbonyl (C=O) groups is 1. The lowest BCUT2D eigenvalue weighted by atomic mass is 10.0. The molecule has 1 amide bonds. The van der Waals surface area contributed by atoms with Crippen molar-refractivity contribution in [3.8, 4) is 5.75 Å². The molecule has 0 heterocycles. The summed E-state index contributed by atoms with van der Waals surface area (Å²) in [4.78, 5) is 32.8. The molecule has 0 aromatic heterocycles. The van der Waals surface area contributed by atoms with Crippen LogP contribution < -0.4 is 10.1 Å². The summed E-state index contributed by atoms with van der Waals surface area (Å²) in [6, 6.07) is 23.5. The van der Waals surface area contributed by atoms with Gasteiger partial charge in [0.05, 0.1) is 6.16 Å². The van der Waals surface area contributed by atoms with Crippen LogP contribution in [0.1, 0.15) is 51.2 Å². The third-order valence-electron chi connectivity index (χ3n) is 5.80. The Morgan fingerprint density at radius 2 is 1.73 bits per heavy atom. The van der Waals surface area contributed by atoms with Gasteiger partial charge in [-0.2, -0.15) is 0 Å². The van der Waals surface area contributed by atoms with Crippen LogP contribution >= 0.6 is 31.0 Å². The Hall–Kier alpha value is -2.48. The fraction of sp³-hybridized carbons (Fsp3) is 0.367. The number of aryl methyl sites for hydroxylation is 1. The number of halogens is 1. The molecule has 0 fully saturated rings. The first-order valence-electron chi connectivity index (χ1n) is 13.1. The zero-order valence-corrected chi connectivity index (χ0v) is 25.5. The molecule has 0 aliphatic rings. The second kappa shape index (κ2) is 14.9. The van der Waals surface area contributed by atoms with Crippen LogP contribution in [0.4, 0.5) is 4.79 Å². The average Bonchev–Trinajstić information content (AvgIpc) is 2.86. The van der Waals surface area contributed by atoms with Gasteiger partial charge < -0.3 is 24.6 Å². The summed E-state index contributed by atoms with van der Waals surface area (Å²) in [5, 5.41) is 3.40. The summed E-state index contributed by atoms with van der Waals surface area (Å²) in [5.41, 5.74) is 1.41. The fourth-order valence-electron chi connectivity index (χ4n) is 3.92. The molecule has 10 heteroatoms. The molecule has 7 nitrogen and oxygen atoms in total. The summed E-state index contributed by atoms with van der Waals surface area (Å²) >= 11 is 8.20. The first-order chi connectivity index (χ1) is 18.9. The Kier molecular flexibility index (Phi) is 12.0. The van der Waals surface area contributed by atoms with Crippen LogP contribution in [0.15, 0.2) is 82.6 Å². The lowest BCUT2D eigenvalue weighted by molar-refractivity contribution is 0.0499. The Morgan fingerprint density at radius 3 is 2.40 bits per heavy atom. The van der Waals surface area contributed by atoms with Crippen molar-refractivity contribution in [2.75, 3.05) is 6.16 Å². The maximum absolute atomic E-state index is 12.2. The van der Waals surface area contributed by atoms with Crippen LogP contribution in [0.2, 0.25) is 5.02 Å². The number of nitrogens with one attached hydrogen (secondary N) is 1. The lowest BCUT2D eigenvalue weighted by Gasteiger charge is -2.24. The molecule has 40 heavy (non-hydrogen) atoms. The zero-order valence-electron chi connectivity index (χ0n) is 23.0. The maximum atomic E-state index is 12.2.